The molecule has 4 heterocycles. The van der Waals surface area contributed by atoms with Crippen molar-refractivity contribution in [2.45, 2.75) is 0 Å². The summed E-state index contributed by atoms with van der Waals surface area (Å²) in [4.78, 5) is 30.1. The van der Waals surface area contributed by atoms with E-state index in [4.69, 9.17) is 0 Å². The van der Waals surface area contributed by atoms with Gasteiger partial charge in [0.1, 0.15) is 0 Å². The molecule has 2 aromatic heterocycles. The molecular formula is C18H17N5OS. The zero-order valence-electron chi connectivity index (χ0n) is 13.6. The van der Waals surface area contributed by atoms with Crippen LogP contribution in [0.3, 0.4) is 0 Å². The molecule has 0 saturated carbocycles. The van der Waals surface area contributed by atoms with Crippen LogP contribution < -0.4 is 4.90 Å². The fourth-order valence-electron chi connectivity index (χ4n) is 3.95. The Kier molecular flexibility index (Phi) is 3.41. The predicted molar refractivity (Wildman–Crippen MR) is 96.7 cm³/mol. The first-order valence-corrected chi connectivity index (χ1v) is 9.30. The van der Waals surface area contributed by atoms with Crippen LogP contribution >= 0.6 is 11.3 Å². The molecule has 1 aromatic carbocycles. The van der Waals surface area contributed by atoms with Gasteiger partial charge in [0.2, 0.25) is 5.95 Å². The number of carbonyl (C=O) groups excluding carboxylic acids is 1. The summed E-state index contributed by atoms with van der Waals surface area (Å²) in [6.07, 6.45) is 3.56. The summed E-state index contributed by atoms with van der Waals surface area (Å²) in [6, 6.07) is 7.63. The van der Waals surface area contributed by atoms with Crippen molar-refractivity contribution in [3.63, 3.8) is 0 Å². The van der Waals surface area contributed by atoms with Crippen LogP contribution in [0.4, 0.5) is 5.95 Å². The molecular weight excluding hydrogens is 334 g/mol. The summed E-state index contributed by atoms with van der Waals surface area (Å²) >= 11 is 1.57. The summed E-state index contributed by atoms with van der Waals surface area (Å²) < 4.78 is 1.07. The zero-order chi connectivity index (χ0) is 16.8. The Morgan fingerprint density at radius 3 is 2.56 bits per heavy atom. The van der Waals surface area contributed by atoms with E-state index < -0.39 is 0 Å². The van der Waals surface area contributed by atoms with E-state index in [9.17, 15) is 4.79 Å². The van der Waals surface area contributed by atoms with E-state index in [1.165, 1.54) is 0 Å². The van der Waals surface area contributed by atoms with E-state index in [1.54, 1.807) is 23.7 Å². The van der Waals surface area contributed by atoms with E-state index >= 15 is 0 Å². The number of anilines is 1. The normalized spacial score (nSPS) is 22.6. The average molecular weight is 351 g/mol. The van der Waals surface area contributed by atoms with Gasteiger partial charge in [0.15, 0.2) is 0 Å². The lowest BCUT2D eigenvalue weighted by molar-refractivity contribution is 0.0783. The first-order valence-electron chi connectivity index (χ1n) is 8.42. The molecule has 0 aliphatic carbocycles. The summed E-state index contributed by atoms with van der Waals surface area (Å²) in [7, 11) is 0. The van der Waals surface area contributed by atoms with Crippen molar-refractivity contribution in [2.75, 3.05) is 31.1 Å². The molecule has 0 radical (unpaired) electrons. The second-order valence-corrected chi connectivity index (χ2v) is 7.61. The van der Waals surface area contributed by atoms with Crippen LogP contribution in [-0.4, -0.2) is 51.9 Å². The molecule has 3 aromatic rings. The molecule has 0 N–H and O–H groups in total. The SMILES string of the molecule is O=C(c1ccc2ncsc2c1)N1CC2CN(c3ncccn3)CC2C1. The molecule has 2 fully saturated rings. The Morgan fingerprint density at radius 1 is 1.04 bits per heavy atom. The highest BCUT2D eigenvalue weighted by molar-refractivity contribution is 7.16. The maximum absolute atomic E-state index is 12.9. The van der Waals surface area contributed by atoms with Crippen LogP contribution in [0.2, 0.25) is 0 Å². The highest BCUT2D eigenvalue weighted by Crippen LogP contribution is 2.33. The number of amides is 1. The maximum atomic E-state index is 12.9. The highest BCUT2D eigenvalue weighted by atomic mass is 32.1. The van der Waals surface area contributed by atoms with Crippen LogP contribution in [0.1, 0.15) is 10.4 Å². The van der Waals surface area contributed by atoms with E-state index in [2.05, 4.69) is 19.9 Å². The number of carbonyl (C=O) groups is 1. The molecule has 0 bridgehead atoms. The average Bonchev–Trinajstić information content (AvgIpc) is 3.35. The number of thiazole rings is 1. The van der Waals surface area contributed by atoms with Gasteiger partial charge in [0.25, 0.3) is 5.91 Å². The van der Waals surface area contributed by atoms with Crippen LogP contribution in [0, 0.1) is 11.8 Å². The third kappa shape index (κ3) is 2.55. The van der Waals surface area contributed by atoms with Crippen molar-refractivity contribution < 1.29 is 4.79 Å². The van der Waals surface area contributed by atoms with Gasteiger partial charge in [-0.3, -0.25) is 4.79 Å². The van der Waals surface area contributed by atoms with E-state index in [0.29, 0.717) is 11.8 Å². The number of likely N-dealkylation sites (tertiary alicyclic amines) is 1. The van der Waals surface area contributed by atoms with Crippen molar-refractivity contribution in [3.05, 3.63) is 47.7 Å². The third-order valence-corrected chi connectivity index (χ3v) is 5.98. The number of hydrogen-bond acceptors (Lipinski definition) is 6. The van der Waals surface area contributed by atoms with Crippen molar-refractivity contribution >= 4 is 33.4 Å². The van der Waals surface area contributed by atoms with Gasteiger partial charge in [-0.15, -0.1) is 11.3 Å². The Morgan fingerprint density at radius 2 is 1.80 bits per heavy atom. The molecule has 7 heteroatoms. The first kappa shape index (κ1) is 14.8. The van der Waals surface area contributed by atoms with Gasteiger partial charge in [-0.25, -0.2) is 15.0 Å². The first-order chi connectivity index (χ1) is 12.3. The van der Waals surface area contributed by atoms with Gasteiger partial charge >= 0.3 is 0 Å². The molecule has 2 atom stereocenters. The van der Waals surface area contributed by atoms with Gasteiger partial charge in [0, 0.05) is 56.0 Å². The quantitative estimate of drug-likeness (QED) is 0.709. The number of rotatable bonds is 2. The third-order valence-electron chi connectivity index (χ3n) is 5.19. The lowest BCUT2D eigenvalue weighted by atomic mass is 10.0. The molecule has 6 nitrogen and oxygen atoms in total. The summed E-state index contributed by atoms with van der Waals surface area (Å²) in [5.74, 6) is 1.93. The molecule has 126 valence electrons. The Labute approximate surface area is 149 Å². The van der Waals surface area contributed by atoms with Gasteiger partial charge in [-0.05, 0) is 24.3 Å². The van der Waals surface area contributed by atoms with Crippen LogP contribution in [0.25, 0.3) is 10.2 Å². The summed E-state index contributed by atoms with van der Waals surface area (Å²) in [5, 5.41) is 0. The van der Waals surface area contributed by atoms with E-state index in [0.717, 1.165) is 47.9 Å². The monoisotopic (exact) mass is 351 g/mol. The predicted octanol–water partition coefficient (Wildman–Crippen LogP) is 2.29. The molecule has 2 unspecified atom stereocenters. The van der Waals surface area contributed by atoms with E-state index in [-0.39, 0.29) is 5.91 Å². The standard InChI is InChI=1S/C18H17N5OS/c24-17(12-2-3-15-16(6-12)25-11-21-15)22-7-13-9-23(10-14(13)8-22)18-19-4-1-5-20-18/h1-6,11,13-14H,7-10H2. The van der Waals surface area contributed by atoms with Crippen molar-refractivity contribution in [1.29, 1.82) is 0 Å². The molecule has 25 heavy (non-hydrogen) atoms. The number of aromatic nitrogens is 3. The second kappa shape index (κ2) is 5.77. The lowest BCUT2D eigenvalue weighted by Gasteiger charge is -2.21. The number of benzene rings is 1. The molecule has 2 aliphatic heterocycles. The van der Waals surface area contributed by atoms with Crippen LogP contribution in [0.15, 0.2) is 42.2 Å². The van der Waals surface area contributed by atoms with Gasteiger partial charge < -0.3 is 9.80 Å². The number of fused-ring (bicyclic) bond motifs is 2. The fraction of sp³-hybridized carbons (Fsp3) is 0.333. The molecule has 1 amide bonds. The highest BCUT2D eigenvalue weighted by Gasteiger charge is 2.42. The Balaban J connectivity index is 1.30. The summed E-state index contributed by atoms with van der Waals surface area (Å²) in [6.45, 7) is 3.47. The van der Waals surface area contributed by atoms with Crippen LogP contribution in [0.5, 0.6) is 0 Å². The Bertz CT molecular complexity index is 913. The van der Waals surface area contributed by atoms with E-state index in [1.807, 2.05) is 34.7 Å². The Hall–Kier alpha value is -2.54. The van der Waals surface area contributed by atoms with Gasteiger partial charge in [-0.2, -0.15) is 0 Å². The minimum atomic E-state index is 0.132. The smallest absolute Gasteiger partial charge is 0.253 e. The topological polar surface area (TPSA) is 62.2 Å². The summed E-state index contributed by atoms with van der Waals surface area (Å²) in [5.41, 5.74) is 3.54. The largest absolute Gasteiger partial charge is 0.340 e. The lowest BCUT2D eigenvalue weighted by Crippen LogP contribution is -2.33. The number of hydrogen-bond donors (Lipinski definition) is 0. The molecule has 2 aliphatic rings. The van der Waals surface area contributed by atoms with Gasteiger partial charge in [-0.1, -0.05) is 0 Å². The van der Waals surface area contributed by atoms with Crippen molar-refractivity contribution in [1.82, 2.24) is 19.9 Å². The van der Waals surface area contributed by atoms with Crippen molar-refractivity contribution in [3.8, 4) is 0 Å². The molecule has 0 spiro atoms. The fourth-order valence-corrected chi connectivity index (χ4v) is 4.66. The van der Waals surface area contributed by atoms with Crippen LogP contribution in [-0.2, 0) is 0 Å². The number of nitrogens with zero attached hydrogens (tertiary/aromatic N) is 5. The minimum Gasteiger partial charge on any atom is -0.340 e. The zero-order valence-corrected chi connectivity index (χ0v) is 14.4. The molecule has 2 saturated heterocycles. The van der Waals surface area contributed by atoms with Crippen molar-refractivity contribution in [2.24, 2.45) is 11.8 Å². The maximum Gasteiger partial charge on any atom is 0.253 e. The van der Waals surface area contributed by atoms with Gasteiger partial charge in [0.05, 0.1) is 15.7 Å². The molecule has 5 rings (SSSR count). The minimum absolute atomic E-state index is 0.132. The second-order valence-electron chi connectivity index (χ2n) is 6.72.